The number of rotatable bonds is 8. The summed E-state index contributed by atoms with van der Waals surface area (Å²) in [5.41, 5.74) is 4.78. The summed E-state index contributed by atoms with van der Waals surface area (Å²) in [6.07, 6.45) is 6.85. The molecule has 1 heterocycles. The summed E-state index contributed by atoms with van der Waals surface area (Å²) >= 11 is 0. The summed E-state index contributed by atoms with van der Waals surface area (Å²) in [6, 6.07) is 19.6. The van der Waals surface area contributed by atoms with Crippen LogP contribution in [0.1, 0.15) is 114 Å². The van der Waals surface area contributed by atoms with E-state index in [1.54, 1.807) is 0 Å². The Morgan fingerprint density at radius 3 is 1.88 bits per heavy atom. The monoisotopic (exact) mass is 543 g/mol. The molecule has 0 aliphatic carbocycles. The van der Waals surface area contributed by atoms with E-state index in [0.717, 1.165) is 18.6 Å². The summed E-state index contributed by atoms with van der Waals surface area (Å²) in [5.74, 6) is 0.923. The van der Waals surface area contributed by atoms with Gasteiger partial charge in [0.25, 0.3) is 0 Å². The van der Waals surface area contributed by atoms with E-state index in [4.69, 9.17) is 4.74 Å². The zero-order valence-electron chi connectivity index (χ0n) is 28.1. The highest BCUT2D eigenvalue weighted by molar-refractivity contribution is 5.50. The highest BCUT2D eigenvalue weighted by Gasteiger charge is 2.63. The molecule has 0 radical (unpaired) electrons. The Bertz CT molecular complexity index is 1220. The van der Waals surface area contributed by atoms with Crippen LogP contribution >= 0.6 is 0 Å². The number of likely N-dealkylation sites (tertiary alicyclic amines) is 1. The summed E-state index contributed by atoms with van der Waals surface area (Å²) in [6.45, 7) is 32.9. The van der Waals surface area contributed by atoms with Crippen LogP contribution in [-0.2, 0) is 6.42 Å². The molecule has 1 fully saturated rings. The number of piperidine rings is 1. The smallest absolute Gasteiger partial charge is 0.124 e. The molecule has 0 saturated carbocycles. The Labute approximate surface area is 246 Å². The van der Waals surface area contributed by atoms with Gasteiger partial charge in [-0.05, 0) is 122 Å². The van der Waals surface area contributed by atoms with Gasteiger partial charge >= 0.3 is 0 Å². The van der Waals surface area contributed by atoms with Gasteiger partial charge in [-0.15, -0.1) is 0 Å². The lowest BCUT2D eigenvalue weighted by Gasteiger charge is -2.71. The van der Waals surface area contributed by atoms with Crippen molar-refractivity contribution < 1.29 is 4.74 Å². The highest BCUT2D eigenvalue weighted by Crippen LogP contribution is 2.60. The van der Waals surface area contributed by atoms with Gasteiger partial charge in [0.15, 0.2) is 0 Å². The van der Waals surface area contributed by atoms with Crippen LogP contribution in [0.3, 0.4) is 0 Å². The van der Waals surface area contributed by atoms with E-state index in [-0.39, 0.29) is 33.0 Å². The number of hydrogen-bond donors (Lipinski definition) is 0. The Balaban J connectivity index is 2.03. The minimum atomic E-state index is -0.334. The van der Waals surface area contributed by atoms with Gasteiger partial charge in [-0.25, -0.2) is 0 Å². The number of nitrogens with zero attached hydrogens (tertiary/aromatic N) is 1. The third-order valence-corrected chi connectivity index (χ3v) is 10.6. The maximum absolute atomic E-state index is 6.47. The molecule has 1 saturated heterocycles. The first-order valence-electron chi connectivity index (χ1n) is 15.1. The van der Waals surface area contributed by atoms with Crippen LogP contribution in [-0.4, -0.2) is 27.1 Å². The van der Waals surface area contributed by atoms with Gasteiger partial charge in [-0.1, -0.05) is 87.9 Å². The third-order valence-electron chi connectivity index (χ3n) is 10.6. The molecule has 2 aromatic carbocycles. The second-order valence-corrected chi connectivity index (χ2v) is 15.6. The summed E-state index contributed by atoms with van der Waals surface area (Å²) in [5, 5.41) is 0. The van der Waals surface area contributed by atoms with Crippen LogP contribution < -0.4 is 4.74 Å². The molecule has 1 unspecified atom stereocenters. The fourth-order valence-corrected chi connectivity index (χ4v) is 7.39. The molecule has 2 aromatic rings. The highest BCUT2D eigenvalue weighted by atomic mass is 16.5. The number of benzene rings is 2. The topological polar surface area (TPSA) is 12.5 Å². The van der Waals surface area contributed by atoms with Crippen molar-refractivity contribution in [3.63, 3.8) is 0 Å². The molecule has 2 heteroatoms. The predicted octanol–water partition coefficient (Wildman–Crippen LogP) is 10.5. The molecule has 0 spiro atoms. The van der Waals surface area contributed by atoms with Crippen LogP contribution in [0.15, 0.2) is 71.8 Å². The second kappa shape index (κ2) is 10.8. The lowest BCUT2D eigenvalue weighted by Crippen LogP contribution is -2.77. The molecule has 0 bridgehead atoms. The van der Waals surface area contributed by atoms with Gasteiger partial charge in [0.2, 0.25) is 0 Å². The second-order valence-electron chi connectivity index (χ2n) is 15.6. The van der Waals surface area contributed by atoms with E-state index in [1.165, 1.54) is 22.3 Å². The van der Waals surface area contributed by atoms with Crippen molar-refractivity contribution in [1.82, 2.24) is 4.90 Å². The molecule has 1 atom stereocenters. The molecule has 40 heavy (non-hydrogen) atoms. The van der Waals surface area contributed by atoms with E-state index in [9.17, 15) is 0 Å². The average Bonchev–Trinajstić information content (AvgIpc) is 2.82. The van der Waals surface area contributed by atoms with Crippen LogP contribution in [0, 0.1) is 10.8 Å². The molecule has 2 nitrogen and oxygen atoms in total. The minimum absolute atomic E-state index is 0.0310. The van der Waals surface area contributed by atoms with E-state index in [0.29, 0.717) is 0 Å². The number of hydrogen-bond acceptors (Lipinski definition) is 2. The maximum atomic E-state index is 6.47. The van der Waals surface area contributed by atoms with E-state index in [2.05, 4.69) is 169 Å². The molecule has 0 aromatic heterocycles. The Kier molecular flexibility index (Phi) is 8.71. The summed E-state index contributed by atoms with van der Waals surface area (Å²) in [4.78, 5) is 2.85. The zero-order valence-corrected chi connectivity index (χ0v) is 28.1. The molecule has 3 rings (SSSR count). The summed E-state index contributed by atoms with van der Waals surface area (Å²) < 4.78 is 6.47. The van der Waals surface area contributed by atoms with E-state index < -0.39 is 0 Å². The fraction of sp³-hybridized carbons (Fsp3) is 0.579. The van der Waals surface area contributed by atoms with Gasteiger partial charge in [0.05, 0.1) is 0 Å². The van der Waals surface area contributed by atoms with Crippen LogP contribution in [0.2, 0.25) is 0 Å². The van der Waals surface area contributed by atoms with Crippen molar-refractivity contribution in [2.24, 2.45) is 10.8 Å². The van der Waals surface area contributed by atoms with E-state index in [1.807, 2.05) is 0 Å². The van der Waals surface area contributed by atoms with Gasteiger partial charge in [-0.3, -0.25) is 4.90 Å². The molecule has 220 valence electrons. The minimum Gasteiger partial charge on any atom is -0.484 e. The molecule has 0 N–H and O–H groups in total. The van der Waals surface area contributed by atoms with Gasteiger partial charge in [0.1, 0.15) is 11.4 Å². The van der Waals surface area contributed by atoms with Gasteiger partial charge in [0, 0.05) is 16.6 Å². The quantitative estimate of drug-likeness (QED) is 0.307. The fourth-order valence-electron chi connectivity index (χ4n) is 7.39. The normalized spacial score (nSPS) is 22.8. The molecule has 1 aliphatic heterocycles. The Morgan fingerprint density at radius 1 is 0.800 bits per heavy atom. The van der Waals surface area contributed by atoms with E-state index >= 15 is 0 Å². The Morgan fingerprint density at radius 2 is 1.35 bits per heavy atom. The van der Waals surface area contributed by atoms with Crippen LogP contribution in [0.4, 0.5) is 0 Å². The number of ether oxygens (including phenoxy) is 1. The van der Waals surface area contributed by atoms with Crippen molar-refractivity contribution in [1.29, 1.82) is 0 Å². The lowest BCUT2D eigenvalue weighted by atomic mass is 9.51. The first-order chi connectivity index (χ1) is 18.2. The zero-order chi connectivity index (χ0) is 30.4. The molecule has 0 amide bonds. The van der Waals surface area contributed by atoms with Gasteiger partial charge < -0.3 is 4.74 Å². The first-order valence-corrected chi connectivity index (χ1v) is 15.1. The van der Waals surface area contributed by atoms with Crippen molar-refractivity contribution in [3.05, 3.63) is 82.9 Å². The maximum Gasteiger partial charge on any atom is 0.124 e. The largest absolute Gasteiger partial charge is 0.484 e. The Hall–Kier alpha value is -2.32. The first kappa shape index (κ1) is 32.2. The third kappa shape index (κ3) is 6.13. The van der Waals surface area contributed by atoms with Crippen molar-refractivity contribution in [2.75, 3.05) is 0 Å². The number of allylic oxidation sites excluding steroid dienone is 1. The van der Waals surface area contributed by atoms with Crippen molar-refractivity contribution in [2.45, 2.75) is 132 Å². The molecule has 1 aliphatic rings. The van der Waals surface area contributed by atoms with Crippen LogP contribution in [0.5, 0.6) is 5.75 Å². The lowest BCUT2D eigenvalue weighted by molar-refractivity contribution is -0.204. The summed E-state index contributed by atoms with van der Waals surface area (Å²) in [7, 11) is 0. The standard InChI is InChI=1S/C38H57NO/c1-28(2)29(3)36(10,11)40-32-22-20-31(21-23-32)26-38(14)34(6,7)27-33(4,5)37(12,13)39(38)35(8,9)25-24-30-18-16-15-17-19-30/h15-25H,26-27H2,1-14H3/b25-24+. The average molecular weight is 544 g/mol. The van der Waals surface area contributed by atoms with Crippen molar-refractivity contribution in [3.8, 4) is 5.75 Å². The van der Waals surface area contributed by atoms with Crippen LogP contribution in [0.25, 0.3) is 6.08 Å². The predicted molar refractivity (Wildman–Crippen MR) is 175 cm³/mol. The van der Waals surface area contributed by atoms with Crippen molar-refractivity contribution >= 4 is 6.08 Å². The SMILES string of the molecule is CC(C)=C(C)C(C)(C)Oc1ccc(CC2(C)N(C(C)(C)/C=C/c3ccccc3)C(C)(C)C(C)(C)CC2(C)C)cc1. The molecular weight excluding hydrogens is 486 g/mol. The van der Waals surface area contributed by atoms with Gasteiger partial charge in [-0.2, -0.15) is 0 Å². The molecular formula is C38H57NO.